The number of anilines is 1. The summed E-state index contributed by atoms with van der Waals surface area (Å²) in [5, 5.41) is 0. The van der Waals surface area contributed by atoms with Crippen molar-refractivity contribution in [3.8, 4) is 5.75 Å². The standard InChI is InChI=1S/C21H22N4O2/c1-13(2)12-27-18-10-6-5-9-16(18)25-11-17(26)19(20(25)22)21-23-14-7-3-4-8-15(14)24-21/h3-10,13H,11-12,22H2,1-2H3,(H,23,24). The number of aromatic amines is 1. The van der Waals surface area contributed by atoms with Crippen molar-refractivity contribution < 1.29 is 9.53 Å². The van der Waals surface area contributed by atoms with Crippen LogP contribution in [0.25, 0.3) is 16.6 Å². The molecule has 1 aromatic heterocycles. The topological polar surface area (TPSA) is 84.2 Å². The van der Waals surface area contributed by atoms with Gasteiger partial charge in [0.05, 0.1) is 29.9 Å². The number of aromatic nitrogens is 2. The molecule has 0 radical (unpaired) electrons. The summed E-state index contributed by atoms with van der Waals surface area (Å²) in [6.07, 6.45) is 0. The van der Waals surface area contributed by atoms with E-state index < -0.39 is 0 Å². The third kappa shape index (κ3) is 3.14. The number of ketones is 1. The highest BCUT2D eigenvalue weighted by atomic mass is 16.5. The molecule has 6 nitrogen and oxygen atoms in total. The van der Waals surface area contributed by atoms with Crippen molar-refractivity contribution in [2.45, 2.75) is 13.8 Å². The molecule has 1 aliphatic heterocycles. The number of para-hydroxylation sites is 4. The fourth-order valence-corrected chi connectivity index (χ4v) is 3.18. The number of benzene rings is 2. The van der Waals surface area contributed by atoms with E-state index in [1.807, 2.05) is 48.5 Å². The fraction of sp³-hybridized carbons (Fsp3) is 0.238. The maximum absolute atomic E-state index is 12.7. The lowest BCUT2D eigenvalue weighted by Crippen LogP contribution is -2.26. The lowest BCUT2D eigenvalue weighted by Gasteiger charge is -2.22. The first-order valence-electron chi connectivity index (χ1n) is 9.02. The summed E-state index contributed by atoms with van der Waals surface area (Å²) < 4.78 is 5.93. The van der Waals surface area contributed by atoms with E-state index in [0.29, 0.717) is 35.5 Å². The van der Waals surface area contributed by atoms with Gasteiger partial charge in [-0.05, 0) is 30.2 Å². The van der Waals surface area contributed by atoms with Gasteiger partial charge in [-0.1, -0.05) is 38.1 Å². The van der Waals surface area contributed by atoms with Crippen molar-refractivity contribution in [3.05, 3.63) is 60.2 Å². The van der Waals surface area contributed by atoms with Crippen LogP contribution >= 0.6 is 0 Å². The van der Waals surface area contributed by atoms with Gasteiger partial charge in [0.15, 0.2) is 5.78 Å². The lowest BCUT2D eigenvalue weighted by atomic mass is 10.2. The Bertz CT molecular complexity index is 1000. The Morgan fingerprint density at radius 1 is 1.19 bits per heavy atom. The third-order valence-corrected chi connectivity index (χ3v) is 4.48. The second kappa shape index (κ2) is 6.79. The molecule has 0 bridgehead atoms. The number of nitrogens with one attached hydrogen (secondary N) is 1. The number of hydrogen-bond acceptors (Lipinski definition) is 5. The average Bonchev–Trinajstić information content (AvgIpc) is 3.20. The van der Waals surface area contributed by atoms with Crippen molar-refractivity contribution in [1.29, 1.82) is 0 Å². The molecule has 0 unspecified atom stereocenters. The van der Waals surface area contributed by atoms with Gasteiger partial charge in [-0.3, -0.25) is 4.79 Å². The molecule has 0 amide bonds. The van der Waals surface area contributed by atoms with Crippen molar-refractivity contribution in [1.82, 2.24) is 9.97 Å². The number of fused-ring (bicyclic) bond motifs is 1. The van der Waals surface area contributed by atoms with Crippen LogP contribution in [0, 0.1) is 5.92 Å². The summed E-state index contributed by atoms with van der Waals surface area (Å²) >= 11 is 0. The molecular formula is C21H22N4O2. The SMILES string of the molecule is CC(C)COc1ccccc1N1CC(=O)C(c2nc3ccccc3[nH]2)=C1N. The van der Waals surface area contributed by atoms with Crippen LogP contribution in [0.3, 0.4) is 0 Å². The summed E-state index contributed by atoms with van der Waals surface area (Å²) in [5.41, 5.74) is 9.28. The molecule has 0 aliphatic carbocycles. The van der Waals surface area contributed by atoms with E-state index in [1.165, 1.54) is 0 Å². The van der Waals surface area contributed by atoms with Gasteiger partial charge in [-0.2, -0.15) is 0 Å². The second-order valence-electron chi connectivity index (χ2n) is 7.04. The minimum Gasteiger partial charge on any atom is -0.491 e. The van der Waals surface area contributed by atoms with E-state index in [0.717, 1.165) is 16.7 Å². The first-order valence-corrected chi connectivity index (χ1v) is 9.02. The van der Waals surface area contributed by atoms with Crippen LogP contribution in [0.15, 0.2) is 54.4 Å². The Balaban J connectivity index is 1.73. The van der Waals surface area contributed by atoms with Crippen LogP contribution in [0.5, 0.6) is 5.75 Å². The number of hydrogen-bond donors (Lipinski definition) is 2. The molecule has 2 heterocycles. The van der Waals surface area contributed by atoms with Crippen LogP contribution in [0.2, 0.25) is 0 Å². The minimum atomic E-state index is -0.0646. The number of ether oxygens (including phenoxy) is 1. The fourth-order valence-electron chi connectivity index (χ4n) is 3.18. The van der Waals surface area contributed by atoms with Crippen molar-refractivity contribution in [2.24, 2.45) is 11.7 Å². The molecule has 2 aromatic carbocycles. The van der Waals surface area contributed by atoms with Gasteiger partial charge < -0.3 is 20.4 Å². The number of nitrogens with zero attached hydrogens (tertiary/aromatic N) is 2. The molecule has 27 heavy (non-hydrogen) atoms. The summed E-state index contributed by atoms with van der Waals surface area (Å²) in [5.74, 6) is 1.94. The van der Waals surface area contributed by atoms with Gasteiger partial charge in [-0.15, -0.1) is 0 Å². The minimum absolute atomic E-state index is 0.0646. The zero-order valence-corrected chi connectivity index (χ0v) is 15.4. The highest BCUT2D eigenvalue weighted by Crippen LogP contribution is 2.35. The molecule has 0 saturated heterocycles. The maximum Gasteiger partial charge on any atom is 0.189 e. The summed E-state index contributed by atoms with van der Waals surface area (Å²) in [6, 6.07) is 15.3. The molecule has 0 saturated carbocycles. The smallest absolute Gasteiger partial charge is 0.189 e. The van der Waals surface area contributed by atoms with E-state index in [4.69, 9.17) is 10.5 Å². The molecule has 138 valence electrons. The highest BCUT2D eigenvalue weighted by Gasteiger charge is 2.33. The molecule has 3 N–H and O–H groups in total. The van der Waals surface area contributed by atoms with E-state index >= 15 is 0 Å². The number of imidazole rings is 1. The van der Waals surface area contributed by atoms with E-state index in [9.17, 15) is 4.79 Å². The van der Waals surface area contributed by atoms with Gasteiger partial charge in [0.2, 0.25) is 0 Å². The van der Waals surface area contributed by atoms with Gasteiger partial charge in [-0.25, -0.2) is 4.98 Å². The van der Waals surface area contributed by atoms with Crippen LogP contribution in [0.1, 0.15) is 19.7 Å². The zero-order chi connectivity index (χ0) is 19.0. The predicted octanol–water partition coefficient (Wildman–Crippen LogP) is 3.31. The summed E-state index contributed by atoms with van der Waals surface area (Å²) in [4.78, 5) is 22.3. The number of carbonyl (C=O) groups excluding carboxylic acids is 1. The Hall–Kier alpha value is -3.28. The number of rotatable bonds is 5. The van der Waals surface area contributed by atoms with Gasteiger partial charge in [0, 0.05) is 0 Å². The van der Waals surface area contributed by atoms with Crippen molar-refractivity contribution >= 4 is 28.1 Å². The molecule has 0 spiro atoms. The largest absolute Gasteiger partial charge is 0.491 e. The number of Topliss-reactive ketones (excluding diaryl/α,β-unsaturated/α-hetero) is 1. The van der Waals surface area contributed by atoms with Crippen LogP contribution in [-0.4, -0.2) is 28.9 Å². The highest BCUT2D eigenvalue weighted by molar-refractivity contribution is 6.26. The zero-order valence-electron chi connectivity index (χ0n) is 15.4. The average molecular weight is 362 g/mol. The maximum atomic E-state index is 12.7. The molecule has 1 aliphatic rings. The van der Waals surface area contributed by atoms with Crippen LogP contribution in [0.4, 0.5) is 5.69 Å². The van der Waals surface area contributed by atoms with E-state index in [1.54, 1.807) is 4.90 Å². The van der Waals surface area contributed by atoms with Crippen LogP contribution < -0.4 is 15.4 Å². The number of H-pyrrole nitrogens is 1. The van der Waals surface area contributed by atoms with Gasteiger partial charge in [0.1, 0.15) is 23.0 Å². The molecule has 0 atom stereocenters. The molecule has 4 rings (SSSR count). The van der Waals surface area contributed by atoms with Crippen molar-refractivity contribution in [3.63, 3.8) is 0 Å². The van der Waals surface area contributed by atoms with Gasteiger partial charge >= 0.3 is 0 Å². The summed E-state index contributed by atoms with van der Waals surface area (Å²) in [6.45, 7) is 4.95. The number of carbonyl (C=O) groups is 1. The molecule has 3 aromatic rings. The normalized spacial score (nSPS) is 14.6. The van der Waals surface area contributed by atoms with Crippen LogP contribution in [-0.2, 0) is 4.79 Å². The molecular weight excluding hydrogens is 340 g/mol. The third-order valence-electron chi connectivity index (χ3n) is 4.48. The first kappa shape index (κ1) is 17.1. The Morgan fingerprint density at radius 3 is 2.70 bits per heavy atom. The van der Waals surface area contributed by atoms with Gasteiger partial charge in [0.25, 0.3) is 0 Å². The van der Waals surface area contributed by atoms with Crippen molar-refractivity contribution in [2.75, 3.05) is 18.1 Å². The Morgan fingerprint density at radius 2 is 1.93 bits per heavy atom. The number of nitrogens with two attached hydrogens (primary N) is 1. The van der Waals surface area contributed by atoms with E-state index in [2.05, 4.69) is 23.8 Å². The summed E-state index contributed by atoms with van der Waals surface area (Å²) in [7, 11) is 0. The Labute approximate surface area is 157 Å². The second-order valence-corrected chi connectivity index (χ2v) is 7.04. The predicted molar refractivity (Wildman–Crippen MR) is 106 cm³/mol. The monoisotopic (exact) mass is 362 g/mol. The molecule has 0 fully saturated rings. The lowest BCUT2D eigenvalue weighted by molar-refractivity contribution is -0.112. The quantitative estimate of drug-likeness (QED) is 0.727. The van der Waals surface area contributed by atoms with E-state index in [-0.39, 0.29) is 12.3 Å². The molecule has 6 heteroatoms. The Kier molecular flexibility index (Phi) is 4.32. The first-order chi connectivity index (χ1) is 13.0.